The minimum Gasteiger partial charge on any atom is -0.462 e. The Morgan fingerprint density at radius 3 is 2.42 bits per heavy atom. The molecule has 0 aliphatic carbocycles. The van der Waals surface area contributed by atoms with Crippen LogP contribution in [0.15, 0.2) is 6.07 Å². The number of ether oxygens (including phenoxy) is 1. The molecular weight excluding hydrogens is 308 g/mol. The summed E-state index contributed by atoms with van der Waals surface area (Å²) in [5, 5.41) is 2.88. The molecule has 2 heterocycles. The molecule has 1 fully saturated rings. The Hall–Kier alpha value is -2.15. The van der Waals surface area contributed by atoms with Gasteiger partial charge in [0.1, 0.15) is 0 Å². The van der Waals surface area contributed by atoms with E-state index in [1.165, 1.54) is 0 Å². The monoisotopic (exact) mass is 334 g/mol. The van der Waals surface area contributed by atoms with Crippen LogP contribution in [0.1, 0.15) is 35.6 Å². The van der Waals surface area contributed by atoms with Crippen molar-refractivity contribution in [3.8, 4) is 0 Å². The number of hydrogen-bond donors (Lipinski definition) is 1. The summed E-state index contributed by atoms with van der Waals surface area (Å²) in [5.41, 5.74) is 2.21. The van der Waals surface area contributed by atoms with Crippen LogP contribution in [0.5, 0.6) is 0 Å². The summed E-state index contributed by atoms with van der Waals surface area (Å²) in [6.07, 6.45) is 0. The highest BCUT2D eigenvalue weighted by Gasteiger charge is 2.22. The van der Waals surface area contributed by atoms with Crippen LogP contribution < -0.4 is 5.32 Å². The number of aromatic nitrogens is 1. The van der Waals surface area contributed by atoms with Crippen LogP contribution in [0.4, 0.5) is 10.5 Å². The van der Waals surface area contributed by atoms with Crippen LogP contribution in [0.2, 0.25) is 0 Å². The normalized spacial score (nSPS) is 15.2. The lowest BCUT2D eigenvalue weighted by molar-refractivity contribution is 0.0525. The number of likely N-dealkylation sites (N-methyl/N-ethyl adjacent to an activating group) is 1. The molecule has 2 amide bonds. The van der Waals surface area contributed by atoms with Crippen molar-refractivity contribution in [2.75, 3.05) is 44.6 Å². The van der Waals surface area contributed by atoms with Crippen molar-refractivity contribution >= 4 is 17.7 Å². The van der Waals surface area contributed by atoms with Crippen molar-refractivity contribution < 1.29 is 14.3 Å². The Kier molecular flexibility index (Phi) is 6.14. The third-order valence-electron chi connectivity index (χ3n) is 4.25. The number of nitrogens with zero attached hydrogens (tertiary/aromatic N) is 3. The second-order valence-electron chi connectivity index (χ2n) is 5.83. The number of carbonyl (C=O) groups is 2. The van der Waals surface area contributed by atoms with Crippen molar-refractivity contribution in [1.82, 2.24) is 14.8 Å². The van der Waals surface area contributed by atoms with Gasteiger partial charge in [-0.1, -0.05) is 6.92 Å². The summed E-state index contributed by atoms with van der Waals surface area (Å²) in [7, 11) is 0. The van der Waals surface area contributed by atoms with Gasteiger partial charge < -0.3 is 19.9 Å². The lowest BCUT2D eigenvalue weighted by Crippen LogP contribution is -2.49. The zero-order valence-electron chi connectivity index (χ0n) is 14.9. The van der Waals surface area contributed by atoms with Gasteiger partial charge in [-0.25, -0.2) is 9.59 Å². The number of piperazine rings is 1. The maximum atomic E-state index is 12.5. The number of urea groups is 1. The molecule has 0 aromatic carbocycles. The fourth-order valence-electron chi connectivity index (χ4n) is 2.73. The van der Waals surface area contributed by atoms with E-state index in [0.29, 0.717) is 42.3 Å². The third-order valence-corrected chi connectivity index (χ3v) is 4.25. The first-order chi connectivity index (χ1) is 11.5. The summed E-state index contributed by atoms with van der Waals surface area (Å²) in [6, 6.07) is 1.49. The number of amides is 2. The quantitative estimate of drug-likeness (QED) is 0.853. The molecule has 1 aromatic heterocycles. The molecule has 1 aliphatic rings. The maximum Gasteiger partial charge on any atom is 0.340 e. The summed E-state index contributed by atoms with van der Waals surface area (Å²) in [4.78, 5) is 32.9. The number of pyridine rings is 1. The minimum atomic E-state index is -0.422. The molecule has 1 saturated heterocycles. The molecule has 0 bridgehead atoms. The largest absolute Gasteiger partial charge is 0.462 e. The van der Waals surface area contributed by atoms with Crippen molar-refractivity contribution in [2.45, 2.75) is 27.7 Å². The van der Waals surface area contributed by atoms with E-state index >= 15 is 0 Å². The van der Waals surface area contributed by atoms with Crippen LogP contribution in [0.3, 0.4) is 0 Å². The summed E-state index contributed by atoms with van der Waals surface area (Å²) in [5.74, 6) is -0.422. The molecule has 1 N–H and O–H groups in total. The van der Waals surface area contributed by atoms with Crippen LogP contribution in [-0.2, 0) is 4.74 Å². The topological polar surface area (TPSA) is 74.8 Å². The summed E-state index contributed by atoms with van der Waals surface area (Å²) < 4.78 is 5.04. The van der Waals surface area contributed by atoms with Gasteiger partial charge >= 0.3 is 12.0 Å². The SMILES string of the molecule is CCOC(=O)c1cc(NC(=O)N2CCN(CC)CC2)c(C)nc1C. The molecule has 7 heteroatoms. The molecule has 0 saturated carbocycles. The van der Waals surface area contributed by atoms with E-state index < -0.39 is 5.97 Å². The number of anilines is 1. The number of aryl methyl sites for hydroxylation is 2. The molecule has 0 radical (unpaired) electrons. The Balaban J connectivity index is 2.10. The van der Waals surface area contributed by atoms with E-state index in [1.807, 2.05) is 6.92 Å². The Bertz CT molecular complexity index is 610. The van der Waals surface area contributed by atoms with E-state index in [2.05, 4.69) is 22.1 Å². The highest BCUT2D eigenvalue weighted by Crippen LogP contribution is 2.19. The zero-order valence-corrected chi connectivity index (χ0v) is 14.9. The Morgan fingerprint density at radius 2 is 1.83 bits per heavy atom. The lowest BCUT2D eigenvalue weighted by atomic mass is 10.1. The fraction of sp³-hybridized carbons (Fsp3) is 0.588. The predicted octanol–water partition coefficient (Wildman–Crippen LogP) is 2.04. The van der Waals surface area contributed by atoms with Crippen molar-refractivity contribution in [3.63, 3.8) is 0 Å². The smallest absolute Gasteiger partial charge is 0.340 e. The van der Waals surface area contributed by atoms with E-state index in [9.17, 15) is 9.59 Å². The number of hydrogen-bond acceptors (Lipinski definition) is 5. The standard InChI is InChI=1S/C17H26N4O3/c1-5-20-7-9-21(10-8-20)17(23)19-15-11-14(16(22)24-6-2)12(3)18-13(15)4/h11H,5-10H2,1-4H3,(H,19,23). The van der Waals surface area contributed by atoms with Crippen molar-refractivity contribution in [1.29, 1.82) is 0 Å². The van der Waals surface area contributed by atoms with Gasteiger partial charge in [0, 0.05) is 26.2 Å². The summed E-state index contributed by atoms with van der Waals surface area (Å²) in [6.45, 7) is 11.9. The number of esters is 1. The average Bonchev–Trinajstić information content (AvgIpc) is 2.57. The first-order valence-corrected chi connectivity index (χ1v) is 8.39. The van der Waals surface area contributed by atoms with Gasteiger partial charge in [0.25, 0.3) is 0 Å². The molecule has 24 heavy (non-hydrogen) atoms. The highest BCUT2D eigenvalue weighted by molar-refractivity contribution is 5.95. The molecule has 132 valence electrons. The van der Waals surface area contributed by atoms with Crippen LogP contribution in [0, 0.1) is 13.8 Å². The number of nitrogens with one attached hydrogen (secondary N) is 1. The van der Waals surface area contributed by atoms with E-state index in [1.54, 1.807) is 24.8 Å². The minimum absolute atomic E-state index is 0.158. The molecule has 1 aliphatic heterocycles. The first-order valence-electron chi connectivity index (χ1n) is 8.39. The van der Waals surface area contributed by atoms with Crippen LogP contribution in [-0.4, -0.2) is 66.1 Å². The van der Waals surface area contributed by atoms with E-state index in [4.69, 9.17) is 4.74 Å². The molecule has 1 aromatic rings. The zero-order chi connectivity index (χ0) is 17.7. The first kappa shape index (κ1) is 18.2. The lowest BCUT2D eigenvalue weighted by Gasteiger charge is -2.34. The second-order valence-corrected chi connectivity index (χ2v) is 5.83. The average molecular weight is 334 g/mol. The molecule has 0 unspecified atom stereocenters. The molecule has 7 nitrogen and oxygen atoms in total. The number of rotatable bonds is 4. The van der Waals surface area contributed by atoms with Crippen LogP contribution >= 0.6 is 0 Å². The third kappa shape index (κ3) is 4.23. The van der Waals surface area contributed by atoms with Crippen molar-refractivity contribution in [3.05, 3.63) is 23.0 Å². The van der Waals surface area contributed by atoms with E-state index in [0.717, 1.165) is 19.6 Å². The van der Waals surface area contributed by atoms with Gasteiger partial charge in [0.15, 0.2) is 0 Å². The number of carbonyl (C=O) groups excluding carboxylic acids is 2. The van der Waals surface area contributed by atoms with Gasteiger partial charge in [-0.15, -0.1) is 0 Å². The fourth-order valence-corrected chi connectivity index (χ4v) is 2.73. The maximum absolute atomic E-state index is 12.5. The highest BCUT2D eigenvalue weighted by atomic mass is 16.5. The van der Waals surface area contributed by atoms with Gasteiger partial charge in [0.05, 0.1) is 29.2 Å². The van der Waals surface area contributed by atoms with E-state index in [-0.39, 0.29) is 6.03 Å². The second kappa shape index (κ2) is 8.10. The Labute approximate surface area is 143 Å². The molecule has 0 spiro atoms. The van der Waals surface area contributed by atoms with Gasteiger partial charge in [0.2, 0.25) is 0 Å². The van der Waals surface area contributed by atoms with Crippen LogP contribution in [0.25, 0.3) is 0 Å². The molecular formula is C17H26N4O3. The van der Waals surface area contributed by atoms with Crippen molar-refractivity contribution in [2.24, 2.45) is 0 Å². The van der Waals surface area contributed by atoms with Gasteiger partial charge in [-0.3, -0.25) is 4.98 Å². The Morgan fingerprint density at radius 1 is 1.17 bits per heavy atom. The van der Waals surface area contributed by atoms with Gasteiger partial charge in [-0.2, -0.15) is 0 Å². The van der Waals surface area contributed by atoms with Gasteiger partial charge in [-0.05, 0) is 33.4 Å². The summed E-state index contributed by atoms with van der Waals surface area (Å²) >= 11 is 0. The molecule has 2 rings (SSSR count). The predicted molar refractivity (Wildman–Crippen MR) is 92.4 cm³/mol. The molecule has 0 atom stereocenters.